The second-order valence-corrected chi connectivity index (χ2v) is 5.54. The Morgan fingerprint density at radius 1 is 1.33 bits per heavy atom. The van der Waals surface area contributed by atoms with Crippen LogP contribution in [0.3, 0.4) is 0 Å². The van der Waals surface area contributed by atoms with Gasteiger partial charge in [-0.1, -0.05) is 23.2 Å². The molecule has 2 rings (SSSR count). The van der Waals surface area contributed by atoms with Crippen LogP contribution in [0.2, 0.25) is 10.0 Å². The van der Waals surface area contributed by atoms with Gasteiger partial charge in [-0.3, -0.25) is 14.2 Å². The number of halogens is 2. The third-order valence-electron chi connectivity index (χ3n) is 3.08. The Bertz CT molecular complexity index is 622. The Labute approximate surface area is 133 Å². The van der Waals surface area contributed by atoms with Crippen molar-refractivity contribution in [2.24, 2.45) is 0 Å². The molecule has 0 aliphatic rings. The average Bonchev–Trinajstić information content (AvgIpc) is 3.02. The van der Waals surface area contributed by atoms with Crippen molar-refractivity contribution >= 4 is 29.1 Å². The number of rotatable bonds is 6. The summed E-state index contributed by atoms with van der Waals surface area (Å²) in [6.45, 7) is 3.62. The molecule has 2 heterocycles. The number of nitrogens with zero attached hydrogens (tertiary/aromatic N) is 5. The monoisotopic (exact) mass is 329 g/mol. The van der Waals surface area contributed by atoms with E-state index in [-0.39, 0.29) is 5.91 Å². The fraction of sp³-hybridized carbons (Fsp3) is 0.462. The standard InChI is InChI=1S/C13H17Cl2N5O/c1-3-19-8-11(15)12(17-19)9-18(2)13(21)4-5-20-7-10(14)6-16-20/h6-8H,3-5,9H2,1-2H3. The van der Waals surface area contributed by atoms with Gasteiger partial charge in [-0.2, -0.15) is 10.2 Å². The molecule has 6 nitrogen and oxygen atoms in total. The van der Waals surface area contributed by atoms with Crippen molar-refractivity contribution in [3.63, 3.8) is 0 Å². The summed E-state index contributed by atoms with van der Waals surface area (Å²) in [7, 11) is 1.74. The van der Waals surface area contributed by atoms with Crippen LogP contribution in [0, 0.1) is 0 Å². The molecule has 21 heavy (non-hydrogen) atoms. The highest BCUT2D eigenvalue weighted by atomic mass is 35.5. The zero-order chi connectivity index (χ0) is 15.4. The first-order valence-electron chi connectivity index (χ1n) is 6.63. The van der Waals surface area contributed by atoms with Gasteiger partial charge in [0.05, 0.1) is 22.8 Å². The summed E-state index contributed by atoms with van der Waals surface area (Å²) in [5, 5.41) is 9.51. The molecule has 0 saturated heterocycles. The number of hydrogen-bond acceptors (Lipinski definition) is 3. The molecule has 0 bridgehead atoms. The average molecular weight is 330 g/mol. The first kappa shape index (κ1) is 15.9. The lowest BCUT2D eigenvalue weighted by Crippen LogP contribution is -2.27. The van der Waals surface area contributed by atoms with Crippen LogP contribution in [0.25, 0.3) is 0 Å². The molecule has 0 aliphatic heterocycles. The lowest BCUT2D eigenvalue weighted by molar-refractivity contribution is -0.130. The highest BCUT2D eigenvalue weighted by molar-refractivity contribution is 6.31. The van der Waals surface area contributed by atoms with E-state index in [0.717, 1.165) is 6.54 Å². The SMILES string of the molecule is CCn1cc(Cl)c(CN(C)C(=O)CCn2cc(Cl)cn2)n1. The Balaban J connectivity index is 1.88. The summed E-state index contributed by atoms with van der Waals surface area (Å²) in [4.78, 5) is 13.7. The van der Waals surface area contributed by atoms with Crippen LogP contribution in [0.5, 0.6) is 0 Å². The molecule has 2 aromatic heterocycles. The molecule has 0 saturated carbocycles. The Morgan fingerprint density at radius 3 is 2.67 bits per heavy atom. The number of aryl methyl sites for hydroxylation is 2. The molecule has 114 valence electrons. The van der Waals surface area contributed by atoms with Crippen molar-refractivity contribution in [1.29, 1.82) is 0 Å². The van der Waals surface area contributed by atoms with Crippen LogP contribution in [0.4, 0.5) is 0 Å². The van der Waals surface area contributed by atoms with Gasteiger partial charge in [-0.25, -0.2) is 0 Å². The Kier molecular flexibility index (Phi) is 5.25. The number of carbonyl (C=O) groups is 1. The Morgan fingerprint density at radius 2 is 2.10 bits per heavy atom. The molecule has 0 atom stereocenters. The minimum absolute atomic E-state index is 0.00346. The smallest absolute Gasteiger partial charge is 0.224 e. The van der Waals surface area contributed by atoms with Gasteiger partial charge in [0.1, 0.15) is 5.69 Å². The highest BCUT2D eigenvalue weighted by Crippen LogP contribution is 2.16. The van der Waals surface area contributed by atoms with E-state index < -0.39 is 0 Å². The molecule has 0 aliphatic carbocycles. The molecule has 0 spiro atoms. The van der Waals surface area contributed by atoms with E-state index in [1.54, 1.807) is 39.9 Å². The van der Waals surface area contributed by atoms with Crippen LogP contribution in [0.1, 0.15) is 19.0 Å². The van der Waals surface area contributed by atoms with Gasteiger partial charge in [0.2, 0.25) is 5.91 Å². The van der Waals surface area contributed by atoms with Crippen LogP contribution in [0.15, 0.2) is 18.6 Å². The molecule has 2 aromatic rings. The largest absolute Gasteiger partial charge is 0.340 e. The van der Waals surface area contributed by atoms with E-state index in [4.69, 9.17) is 23.2 Å². The van der Waals surface area contributed by atoms with Crippen LogP contribution < -0.4 is 0 Å². The number of aromatic nitrogens is 4. The summed E-state index contributed by atoms with van der Waals surface area (Å²) in [6, 6.07) is 0. The van der Waals surface area contributed by atoms with Gasteiger partial charge in [0.25, 0.3) is 0 Å². The first-order valence-corrected chi connectivity index (χ1v) is 7.39. The van der Waals surface area contributed by atoms with Crippen molar-refractivity contribution in [2.75, 3.05) is 7.05 Å². The second-order valence-electron chi connectivity index (χ2n) is 4.70. The summed E-state index contributed by atoms with van der Waals surface area (Å²) in [6.07, 6.45) is 5.35. The number of amides is 1. The summed E-state index contributed by atoms with van der Waals surface area (Å²) >= 11 is 11.9. The fourth-order valence-electron chi connectivity index (χ4n) is 1.88. The highest BCUT2D eigenvalue weighted by Gasteiger charge is 2.14. The predicted molar refractivity (Wildman–Crippen MR) is 81.2 cm³/mol. The van der Waals surface area contributed by atoms with Gasteiger partial charge >= 0.3 is 0 Å². The summed E-state index contributed by atoms with van der Waals surface area (Å²) < 4.78 is 3.40. The lowest BCUT2D eigenvalue weighted by Gasteiger charge is -2.16. The summed E-state index contributed by atoms with van der Waals surface area (Å²) in [5.41, 5.74) is 0.705. The molecule has 0 N–H and O–H groups in total. The number of hydrogen-bond donors (Lipinski definition) is 0. The molecule has 0 fully saturated rings. The fourth-order valence-corrected chi connectivity index (χ4v) is 2.25. The van der Waals surface area contributed by atoms with Gasteiger partial charge in [-0.15, -0.1) is 0 Å². The van der Waals surface area contributed by atoms with E-state index in [0.29, 0.717) is 35.2 Å². The van der Waals surface area contributed by atoms with Crippen LogP contribution in [-0.4, -0.2) is 37.4 Å². The van der Waals surface area contributed by atoms with Crippen molar-refractivity contribution in [3.05, 3.63) is 34.3 Å². The van der Waals surface area contributed by atoms with Gasteiger partial charge in [0, 0.05) is 39.0 Å². The third-order valence-corrected chi connectivity index (χ3v) is 3.59. The lowest BCUT2D eigenvalue weighted by atomic mass is 10.3. The van der Waals surface area contributed by atoms with E-state index >= 15 is 0 Å². The predicted octanol–water partition coefficient (Wildman–Crippen LogP) is 2.46. The molecule has 0 aromatic carbocycles. The zero-order valence-corrected chi connectivity index (χ0v) is 13.5. The molecule has 0 unspecified atom stereocenters. The van der Waals surface area contributed by atoms with Crippen LogP contribution in [-0.2, 0) is 24.4 Å². The molecular formula is C13H17Cl2N5O. The van der Waals surface area contributed by atoms with E-state index in [9.17, 15) is 4.79 Å². The molecule has 1 amide bonds. The summed E-state index contributed by atoms with van der Waals surface area (Å²) in [5.74, 6) is 0.00346. The van der Waals surface area contributed by atoms with Crippen molar-refractivity contribution in [1.82, 2.24) is 24.5 Å². The maximum absolute atomic E-state index is 12.1. The second kappa shape index (κ2) is 6.95. The Hall–Kier alpha value is -1.53. The maximum atomic E-state index is 12.1. The van der Waals surface area contributed by atoms with E-state index in [1.807, 2.05) is 6.92 Å². The zero-order valence-electron chi connectivity index (χ0n) is 12.0. The van der Waals surface area contributed by atoms with Gasteiger partial charge in [-0.05, 0) is 6.92 Å². The van der Waals surface area contributed by atoms with Crippen LogP contribution >= 0.6 is 23.2 Å². The minimum atomic E-state index is 0.00346. The third kappa shape index (κ3) is 4.22. The first-order chi connectivity index (χ1) is 9.99. The van der Waals surface area contributed by atoms with Gasteiger partial charge < -0.3 is 4.90 Å². The minimum Gasteiger partial charge on any atom is -0.340 e. The quantitative estimate of drug-likeness (QED) is 0.817. The van der Waals surface area contributed by atoms with E-state index in [2.05, 4.69) is 10.2 Å². The maximum Gasteiger partial charge on any atom is 0.224 e. The number of carbonyl (C=O) groups excluding carboxylic acids is 1. The topological polar surface area (TPSA) is 56.0 Å². The molecular weight excluding hydrogens is 313 g/mol. The molecule has 8 heteroatoms. The van der Waals surface area contributed by atoms with Crippen molar-refractivity contribution in [2.45, 2.75) is 33.0 Å². The molecule has 0 radical (unpaired) electrons. The van der Waals surface area contributed by atoms with E-state index in [1.165, 1.54) is 0 Å². The van der Waals surface area contributed by atoms with Crippen molar-refractivity contribution in [3.8, 4) is 0 Å². The van der Waals surface area contributed by atoms with Crippen molar-refractivity contribution < 1.29 is 4.79 Å². The normalized spacial score (nSPS) is 10.9. The van der Waals surface area contributed by atoms with Gasteiger partial charge in [0.15, 0.2) is 0 Å².